The molecular formula is C10H8BrF2OS+. The molecule has 1 heterocycles. The topological polar surface area (TPSA) is 11.3 Å². The van der Waals surface area contributed by atoms with Crippen LogP contribution in [0.5, 0.6) is 0 Å². The van der Waals surface area contributed by atoms with E-state index in [4.69, 9.17) is 4.42 Å². The molecule has 0 spiro atoms. The van der Waals surface area contributed by atoms with Crippen molar-refractivity contribution in [2.24, 2.45) is 0 Å². The number of carbonyl (C=O) groups excluding carboxylic acids is 1. The molecule has 5 heteroatoms. The van der Waals surface area contributed by atoms with Gasteiger partial charge in [0.15, 0.2) is 5.56 Å². The number of halogens is 3. The zero-order valence-corrected chi connectivity index (χ0v) is 10.1. The van der Waals surface area contributed by atoms with Crippen molar-refractivity contribution < 1.29 is 13.2 Å². The second-order valence-corrected chi connectivity index (χ2v) is 5.07. The second-order valence-electron chi connectivity index (χ2n) is 3.08. The monoisotopic (exact) mass is 293 g/mol. The lowest BCUT2D eigenvalue weighted by molar-refractivity contribution is -0.267. The zero-order valence-electron chi connectivity index (χ0n) is 7.73. The molecule has 0 amide bonds. The Hall–Kier alpha value is -0.420. The van der Waals surface area contributed by atoms with Crippen molar-refractivity contribution >= 4 is 32.8 Å². The Morgan fingerprint density at radius 3 is 2.47 bits per heavy atom. The molecule has 0 saturated carbocycles. The van der Waals surface area contributed by atoms with E-state index in [-0.39, 0.29) is 5.56 Å². The molecule has 0 fully saturated rings. The summed E-state index contributed by atoms with van der Waals surface area (Å²) in [6, 6.07) is 2.48. The Labute approximate surface area is 98.7 Å². The fourth-order valence-electron chi connectivity index (χ4n) is 1.31. The molecule has 15 heavy (non-hydrogen) atoms. The van der Waals surface area contributed by atoms with Gasteiger partial charge >= 0.3 is 5.12 Å². The van der Waals surface area contributed by atoms with Crippen LogP contribution in [-0.2, 0) is 0 Å². The number of hydrogen-bond donors (Lipinski definition) is 0. The van der Waals surface area contributed by atoms with Crippen LogP contribution in [-0.4, -0.2) is 17.5 Å². The molecule has 2 rings (SSSR count). The minimum Gasteiger partial charge on any atom is -0.247 e. The fourth-order valence-corrected chi connectivity index (χ4v) is 2.67. The van der Waals surface area contributed by atoms with Crippen molar-refractivity contribution in [2.75, 3.05) is 12.4 Å². The molecule has 80 valence electrons. The first-order valence-electron chi connectivity index (χ1n) is 4.46. The predicted octanol–water partition coefficient (Wildman–Crippen LogP) is 3.54. The van der Waals surface area contributed by atoms with Crippen molar-refractivity contribution in [3.05, 3.63) is 33.8 Å². The quantitative estimate of drug-likeness (QED) is 0.721. The molecule has 0 aliphatic carbocycles. The highest BCUT2D eigenvalue weighted by molar-refractivity contribution is 9.10. The van der Waals surface area contributed by atoms with Crippen molar-refractivity contribution in [1.29, 1.82) is 0 Å². The lowest BCUT2D eigenvalue weighted by atomic mass is 10.2. The van der Waals surface area contributed by atoms with E-state index in [2.05, 4.69) is 15.9 Å². The van der Waals surface area contributed by atoms with Crippen LogP contribution in [0.15, 0.2) is 16.6 Å². The molecule has 0 unspecified atom stereocenters. The molecule has 0 bridgehead atoms. The molecule has 1 aliphatic heterocycles. The lowest BCUT2D eigenvalue weighted by Crippen LogP contribution is -2.10. The van der Waals surface area contributed by atoms with E-state index in [0.29, 0.717) is 16.2 Å². The first kappa shape index (κ1) is 11.1. The molecular weight excluding hydrogens is 286 g/mol. The lowest BCUT2D eigenvalue weighted by Gasteiger charge is -2.04. The molecule has 0 atom stereocenters. The Morgan fingerprint density at radius 1 is 1.27 bits per heavy atom. The van der Waals surface area contributed by atoms with Crippen LogP contribution in [0.3, 0.4) is 0 Å². The van der Waals surface area contributed by atoms with Gasteiger partial charge in [-0.15, -0.1) is 0 Å². The summed E-state index contributed by atoms with van der Waals surface area (Å²) in [7, 11) is 0. The van der Waals surface area contributed by atoms with Crippen molar-refractivity contribution in [1.82, 2.24) is 0 Å². The minimum atomic E-state index is -0.591. The van der Waals surface area contributed by atoms with Gasteiger partial charge in [-0.05, 0) is 23.9 Å². The van der Waals surface area contributed by atoms with Crippen LogP contribution in [0.2, 0.25) is 0 Å². The van der Waals surface area contributed by atoms with Crippen LogP contribution >= 0.6 is 27.7 Å². The highest BCUT2D eigenvalue weighted by Crippen LogP contribution is 2.25. The largest absolute Gasteiger partial charge is 0.391 e. The fraction of sp³-hybridized carbons (Fsp3) is 0.300. The van der Waals surface area contributed by atoms with Gasteiger partial charge in [-0.1, -0.05) is 15.9 Å². The van der Waals surface area contributed by atoms with Gasteiger partial charge in [0.25, 0.3) is 6.61 Å². The molecule has 1 aromatic carbocycles. The van der Waals surface area contributed by atoms with Gasteiger partial charge in [0.2, 0.25) is 0 Å². The average molecular weight is 294 g/mol. The maximum Gasteiger partial charge on any atom is 0.391 e. The summed E-state index contributed by atoms with van der Waals surface area (Å²) in [6.45, 7) is 0.525. The van der Waals surface area contributed by atoms with Gasteiger partial charge in [-0.2, -0.15) is 0 Å². The Balaban J connectivity index is 2.47. The van der Waals surface area contributed by atoms with Crippen LogP contribution in [0.25, 0.3) is 0 Å². The third-order valence-electron chi connectivity index (χ3n) is 1.97. The summed E-state index contributed by atoms with van der Waals surface area (Å²) in [5.41, 5.74) is -0.0529. The molecule has 0 radical (unpaired) electrons. The highest BCUT2D eigenvalue weighted by atomic mass is 79.9. The van der Waals surface area contributed by atoms with E-state index in [1.807, 2.05) is 0 Å². The van der Waals surface area contributed by atoms with Gasteiger partial charge in [0, 0.05) is 16.6 Å². The van der Waals surface area contributed by atoms with Gasteiger partial charge in [0.05, 0.1) is 0 Å². The van der Waals surface area contributed by atoms with Crippen molar-refractivity contribution in [3.8, 4) is 0 Å². The Morgan fingerprint density at radius 2 is 1.93 bits per heavy atom. The van der Waals surface area contributed by atoms with E-state index in [0.717, 1.165) is 12.2 Å². The molecule has 1 aliphatic rings. The van der Waals surface area contributed by atoms with E-state index >= 15 is 0 Å². The summed E-state index contributed by atoms with van der Waals surface area (Å²) in [5, 5.41) is 0.351. The molecule has 0 N–H and O–H groups in total. The Bertz CT molecular complexity index is 397. The standard InChI is InChI=1S/C10H8BrF2OS/c11-6-4-7(12)9(8(13)5-6)10-14-2-1-3-15-10/h4-5H,1-3H2/q+1. The summed E-state index contributed by atoms with van der Waals surface area (Å²) >= 11 is 4.38. The van der Waals surface area contributed by atoms with E-state index in [1.165, 1.54) is 23.9 Å². The van der Waals surface area contributed by atoms with Gasteiger partial charge in [0.1, 0.15) is 11.6 Å². The van der Waals surface area contributed by atoms with Gasteiger partial charge < -0.3 is 0 Å². The van der Waals surface area contributed by atoms with Crippen LogP contribution < -0.4 is 0 Å². The van der Waals surface area contributed by atoms with Crippen LogP contribution in [0, 0.1) is 11.6 Å². The summed E-state index contributed by atoms with van der Waals surface area (Å²) in [5.74, 6) is -0.345. The molecule has 1 nitrogen and oxygen atoms in total. The van der Waals surface area contributed by atoms with Crippen LogP contribution in [0.1, 0.15) is 16.4 Å². The maximum absolute atomic E-state index is 13.5. The number of rotatable bonds is 1. The van der Waals surface area contributed by atoms with E-state index in [9.17, 15) is 8.78 Å². The van der Waals surface area contributed by atoms with E-state index in [1.54, 1.807) is 0 Å². The highest BCUT2D eigenvalue weighted by Gasteiger charge is 2.28. The summed E-state index contributed by atoms with van der Waals surface area (Å²) < 4.78 is 32.7. The van der Waals surface area contributed by atoms with Crippen molar-refractivity contribution in [3.63, 3.8) is 0 Å². The zero-order chi connectivity index (χ0) is 10.8. The molecule has 0 aromatic heterocycles. The maximum atomic E-state index is 13.5. The molecule has 1 aromatic rings. The second kappa shape index (κ2) is 4.61. The van der Waals surface area contributed by atoms with E-state index < -0.39 is 11.6 Å². The third-order valence-corrected chi connectivity index (χ3v) is 3.50. The number of benzene rings is 1. The van der Waals surface area contributed by atoms with Crippen molar-refractivity contribution in [2.45, 2.75) is 6.42 Å². The first-order chi connectivity index (χ1) is 7.18. The smallest absolute Gasteiger partial charge is 0.247 e. The number of hydrogen-bond acceptors (Lipinski definition) is 1. The average Bonchev–Trinajstić information content (AvgIpc) is 2.17. The molecule has 0 saturated heterocycles. The van der Waals surface area contributed by atoms with Gasteiger partial charge in [-0.3, -0.25) is 0 Å². The predicted molar refractivity (Wildman–Crippen MR) is 60.3 cm³/mol. The van der Waals surface area contributed by atoms with Crippen LogP contribution in [0.4, 0.5) is 8.78 Å². The summed E-state index contributed by atoms with van der Waals surface area (Å²) in [4.78, 5) is 0. The first-order valence-corrected chi connectivity index (χ1v) is 6.24. The summed E-state index contributed by atoms with van der Waals surface area (Å²) in [6.07, 6.45) is 0.911. The third kappa shape index (κ3) is 2.39. The van der Waals surface area contributed by atoms with Gasteiger partial charge in [-0.25, -0.2) is 13.2 Å². The minimum absolute atomic E-state index is 0.0529. The number of thioether (sulfide) groups is 1. The SMILES string of the molecule is Fc1cc(Br)cc(F)c1C1=[O+]CCCS1. The Kier molecular flexibility index (Phi) is 3.41. The normalized spacial score (nSPS) is 16.3.